The highest BCUT2D eigenvalue weighted by Gasteiger charge is 2.51. The van der Waals surface area contributed by atoms with Crippen molar-refractivity contribution in [3.8, 4) is 0 Å². The van der Waals surface area contributed by atoms with Gasteiger partial charge in [0.15, 0.2) is 0 Å². The molecule has 0 unspecified atom stereocenters. The highest BCUT2D eigenvalue weighted by molar-refractivity contribution is 6.62. The fourth-order valence-electron chi connectivity index (χ4n) is 3.08. The van der Waals surface area contributed by atoms with Gasteiger partial charge in [0.25, 0.3) is 5.91 Å². The predicted molar refractivity (Wildman–Crippen MR) is 101 cm³/mol. The molecule has 0 radical (unpaired) electrons. The maximum Gasteiger partial charge on any atom is 0.494 e. The Hall–Kier alpha value is -1.08. The lowest BCUT2D eigenvalue weighted by molar-refractivity contribution is 0.00578. The van der Waals surface area contributed by atoms with E-state index in [1.807, 2.05) is 33.8 Å². The van der Waals surface area contributed by atoms with E-state index >= 15 is 0 Å². The first-order chi connectivity index (χ1) is 11.7. The van der Waals surface area contributed by atoms with Crippen molar-refractivity contribution in [1.29, 1.82) is 0 Å². The number of halogens is 1. The Kier molecular flexibility index (Phi) is 5.17. The molecule has 0 spiro atoms. The van der Waals surface area contributed by atoms with E-state index in [0.717, 1.165) is 31.4 Å². The fourth-order valence-corrected chi connectivity index (χ4v) is 3.35. The van der Waals surface area contributed by atoms with Crippen LogP contribution < -0.4 is 16.1 Å². The Morgan fingerprint density at radius 3 is 2.52 bits per heavy atom. The van der Waals surface area contributed by atoms with Crippen molar-refractivity contribution in [1.82, 2.24) is 10.6 Å². The smallest absolute Gasteiger partial charge is 0.399 e. The molecule has 1 atom stereocenters. The molecule has 136 valence electrons. The van der Waals surface area contributed by atoms with E-state index < -0.39 is 18.3 Å². The van der Waals surface area contributed by atoms with E-state index in [0.29, 0.717) is 10.6 Å². The van der Waals surface area contributed by atoms with Gasteiger partial charge in [0, 0.05) is 12.6 Å². The highest BCUT2D eigenvalue weighted by Crippen LogP contribution is 2.36. The van der Waals surface area contributed by atoms with Crippen LogP contribution in [0, 0.1) is 0 Å². The van der Waals surface area contributed by atoms with Gasteiger partial charge in [0.2, 0.25) is 0 Å². The van der Waals surface area contributed by atoms with Gasteiger partial charge < -0.3 is 19.9 Å². The number of carbonyl (C=O) groups excluding carboxylic acids is 1. The summed E-state index contributed by atoms with van der Waals surface area (Å²) in [6, 6.07) is 5.51. The Morgan fingerprint density at radius 1 is 1.28 bits per heavy atom. The summed E-state index contributed by atoms with van der Waals surface area (Å²) in [6.07, 6.45) is 2.06. The van der Waals surface area contributed by atoms with Gasteiger partial charge in [-0.2, -0.15) is 0 Å². The fraction of sp³-hybridized carbons (Fsp3) is 0.611. The van der Waals surface area contributed by atoms with Gasteiger partial charge >= 0.3 is 7.12 Å². The van der Waals surface area contributed by atoms with Gasteiger partial charge in [-0.3, -0.25) is 4.79 Å². The summed E-state index contributed by atoms with van der Waals surface area (Å²) in [5.41, 5.74) is 0.481. The third-order valence-electron chi connectivity index (χ3n) is 5.40. The van der Waals surface area contributed by atoms with Crippen LogP contribution in [0.2, 0.25) is 5.02 Å². The van der Waals surface area contributed by atoms with Gasteiger partial charge in [0.05, 0.1) is 21.8 Å². The number of hydrogen-bond donors (Lipinski definition) is 2. The topological polar surface area (TPSA) is 59.6 Å². The molecule has 1 amide bonds. The van der Waals surface area contributed by atoms with Crippen LogP contribution in [-0.2, 0) is 9.31 Å². The zero-order chi connectivity index (χ0) is 18.2. The van der Waals surface area contributed by atoms with Gasteiger partial charge in [-0.1, -0.05) is 17.7 Å². The van der Waals surface area contributed by atoms with Crippen molar-refractivity contribution in [3.05, 3.63) is 28.8 Å². The normalized spacial score (nSPS) is 25.0. The Bertz CT molecular complexity index is 644. The van der Waals surface area contributed by atoms with Crippen molar-refractivity contribution in [2.75, 3.05) is 13.1 Å². The maximum absolute atomic E-state index is 12.5. The van der Waals surface area contributed by atoms with Crippen LogP contribution in [-0.4, -0.2) is 43.4 Å². The lowest BCUT2D eigenvalue weighted by Gasteiger charge is -2.32. The Morgan fingerprint density at radius 2 is 1.96 bits per heavy atom. The molecule has 2 saturated heterocycles. The number of benzene rings is 1. The molecule has 2 aliphatic heterocycles. The van der Waals surface area contributed by atoms with Crippen LogP contribution in [0.3, 0.4) is 0 Å². The molecule has 2 fully saturated rings. The van der Waals surface area contributed by atoms with E-state index in [-0.39, 0.29) is 11.9 Å². The van der Waals surface area contributed by atoms with Crippen LogP contribution in [0.4, 0.5) is 0 Å². The molecule has 7 heteroatoms. The predicted octanol–water partition coefficient (Wildman–Crippen LogP) is 2.12. The molecule has 25 heavy (non-hydrogen) atoms. The first-order valence-corrected chi connectivity index (χ1v) is 9.24. The summed E-state index contributed by atoms with van der Waals surface area (Å²) in [5.74, 6) is -0.140. The molecule has 2 aliphatic rings. The van der Waals surface area contributed by atoms with Crippen molar-refractivity contribution in [3.63, 3.8) is 0 Å². The van der Waals surface area contributed by atoms with Gasteiger partial charge in [0.1, 0.15) is 0 Å². The lowest BCUT2D eigenvalue weighted by atomic mass is 9.79. The van der Waals surface area contributed by atoms with E-state index in [9.17, 15) is 4.79 Å². The molecule has 3 rings (SSSR count). The Labute approximate surface area is 154 Å². The first-order valence-electron chi connectivity index (χ1n) is 8.86. The molecule has 1 aromatic carbocycles. The van der Waals surface area contributed by atoms with Crippen LogP contribution >= 0.6 is 11.6 Å². The second-order valence-corrected chi connectivity index (χ2v) is 8.25. The summed E-state index contributed by atoms with van der Waals surface area (Å²) >= 11 is 6.37. The molecule has 2 N–H and O–H groups in total. The molecule has 5 nitrogen and oxygen atoms in total. The number of hydrogen-bond acceptors (Lipinski definition) is 4. The average molecular weight is 365 g/mol. The molecule has 0 aromatic heterocycles. The second-order valence-electron chi connectivity index (χ2n) is 7.84. The SMILES string of the molecule is CC1(C)OB(c2ccc(C(=O)N[C@H]3CCCNC3)c(Cl)c2)OC1(C)C. The number of carbonyl (C=O) groups is 1. The maximum atomic E-state index is 12.5. The standard InChI is InChI=1S/C18H26BClN2O3/c1-17(2)18(3,4)25-19(24-17)12-7-8-14(15(20)10-12)16(23)22-13-6-5-9-21-11-13/h7-8,10,13,21H,5-6,9,11H2,1-4H3,(H,22,23)/t13-/m0/s1. The van der Waals surface area contributed by atoms with Crippen molar-refractivity contribution < 1.29 is 14.1 Å². The largest absolute Gasteiger partial charge is 0.494 e. The van der Waals surface area contributed by atoms with Crippen molar-refractivity contribution in [2.45, 2.75) is 57.8 Å². The molecular formula is C18H26BClN2O3. The molecule has 1 aromatic rings. The average Bonchev–Trinajstić information content (AvgIpc) is 2.76. The van der Waals surface area contributed by atoms with Crippen LogP contribution in [0.15, 0.2) is 18.2 Å². The minimum Gasteiger partial charge on any atom is -0.399 e. The summed E-state index contributed by atoms with van der Waals surface area (Å²) in [7, 11) is -0.484. The van der Waals surface area contributed by atoms with E-state index in [1.54, 1.807) is 12.1 Å². The van der Waals surface area contributed by atoms with Crippen LogP contribution in [0.1, 0.15) is 50.9 Å². The van der Waals surface area contributed by atoms with E-state index in [2.05, 4.69) is 10.6 Å². The number of rotatable bonds is 3. The van der Waals surface area contributed by atoms with Crippen LogP contribution in [0.25, 0.3) is 0 Å². The first kappa shape index (κ1) is 18.7. The zero-order valence-corrected chi connectivity index (χ0v) is 16.1. The van der Waals surface area contributed by atoms with Crippen LogP contribution in [0.5, 0.6) is 0 Å². The number of nitrogens with one attached hydrogen (secondary N) is 2. The van der Waals surface area contributed by atoms with E-state index in [1.165, 1.54) is 0 Å². The third-order valence-corrected chi connectivity index (χ3v) is 5.71. The minimum absolute atomic E-state index is 0.140. The third kappa shape index (κ3) is 3.87. The summed E-state index contributed by atoms with van der Waals surface area (Å²) in [5, 5.41) is 6.74. The van der Waals surface area contributed by atoms with Gasteiger partial charge in [-0.25, -0.2) is 0 Å². The minimum atomic E-state index is -0.484. The quantitative estimate of drug-likeness (QED) is 0.807. The number of amides is 1. The number of piperidine rings is 1. The molecule has 0 bridgehead atoms. The second kappa shape index (κ2) is 6.91. The molecule has 2 heterocycles. The molecular weight excluding hydrogens is 338 g/mol. The van der Waals surface area contributed by atoms with Gasteiger partial charge in [-0.05, 0) is 64.7 Å². The van der Waals surface area contributed by atoms with E-state index in [4.69, 9.17) is 20.9 Å². The Balaban J connectivity index is 1.72. The van der Waals surface area contributed by atoms with Gasteiger partial charge in [-0.15, -0.1) is 0 Å². The molecule has 0 saturated carbocycles. The lowest BCUT2D eigenvalue weighted by Crippen LogP contribution is -2.45. The monoisotopic (exact) mass is 364 g/mol. The highest BCUT2D eigenvalue weighted by atomic mass is 35.5. The summed E-state index contributed by atoms with van der Waals surface area (Å²) in [4.78, 5) is 12.5. The van der Waals surface area contributed by atoms with Crippen molar-refractivity contribution >= 4 is 30.1 Å². The summed E-state index contributed by atoms with van der Waals surface area (Å²) in [6.45, 7) is 9.85. The molecule has 0 aliphatic carbocycles. The zero-order valence-electron chi connectivity index (χ0n) is 15.3. The summed E-state index contributed by atoms with van der Waals surface area (Å²) < 4.78 is 12.1. The van der Waals surface area contributed by atoms with Crippen molar-refractivity contribution in [2.24, 2.45) is 0 Å².